The van der Waals surface area contributed by atoms with Crippen LogP contribution < -0.4 is 0 Å². The van der Waals surface area contributed by atoms with Crippen molar-refractivity contribution in [3.63, 3.8) is 0 Å². The largest absolute Gasteiger partial charge is 0.107 e. The summed E-state index contributed by atoms with van der Waals surface area (Å²) in [5, 5.41) is 0. The smallest absolute Gasteiger partial charge is 0.0148 e. The Bertz CT molecular complexity index is 500. The molecule has 3 saturated carbocycles. The molecule has 0 saturated heterocycles. The molecule has 1 unspecified atom stereocenters. The lowest BCUT2D eigenvalue weighted by Gasteiger charge is -2.49. The lowest BCUT2D eigenvalue weighted by atomic mass is 9.55. The highest BCUT2D eigenvalue weighted by atomic mass is 14.5. The molecular formula is C21H30. The van der Waals surface area contributed by atoms with Crippen LogP contribution in [-0.4, -0.2) is 0 Å². The normalized spacial score (nSPS) is 41.7. The van der Waals surface area contributed by atoms with E-state index in [1.54, 1.807) is 0 Å². The van der Waals surface area contributed by atoms with Gasteiger partial charge in [0, 0.05) is 6.42 Å². The molecule has 0 heteroatoms. The number of hydrogen-bond donors (Lipinski definition) is 0. The highest BCUT2D eigenvalue weighted by molar-refractivity contribution is 5.29. The Labute approximate surface area is 130 Å². The molecule has 21 heavy (non-hydrogen) atoms. The molecule has 0 nitrogen and oxygen atoms in total. The second-order valence-corrected chi connectivity index (χ2v) is 8.14. The lowest BCUT2D eigenvalue weighted by Crippen LogP contribution is -2.39. The van der Waals surface area contributed by atoms with Crippen LogP contribution in [0.4, 0.5) is 0 Å². The standard InChI is InChI=1S/C21H30/c1-2-3-13-21-14-6-9-20(21)19-11-10-16-7-4-5-8-17(16)18(19)12-15-21/h16,19-20H,4-15H2,1H3/t16?,19-,20+,21+/m1/s1. The van der Waals surface area contributed by atoms with Crippen molar-refractivity contribution in [2.24, 2.45) is 23.2 Å². The van der Waals surface area contributed by atoms with Crippen molar-refractivity contribution in [3.8, 4) is 11.8 Å². The van der Waals surface area contributed by atoms with Gasteiger partial charge in [-0.3, -0.25) is 0 Å². The maximum Gasteiger partial charge on any atom is 0.0148 e. The third-order valence-corrected chi connectivity index (χ3v) is 7.40. The van der Waals surface area contributed by atoms with Crippen molar-refractivity contribution in [1.29, 1.82) is 0 Å². The Kier molecular flexibility index (Phi) is 3.64. The van der Waals surface area contributed by atoms with Crippen molar-refractivity contribution in [1.82, 2.24) is 0 Å². The summed E-state index contributed by atoms with van der Waals surface area (Å²) in [7, 11) is 0. The van der Waals surface area contributed by atoms with Gasteiger partial charge in [-0.05, 0) is 87.9 Å². The van der Waals surface area contributed by atoms with Crippen LogP contribution >= 0.6 is 0 Å². The molecule has 0 aromatic rings. The van der Waals surface area contributed by atoms with E-state index in [2.05, 4.69) is 11.8 Å². The van der Waals surface area contributed by atoms with E-state index in [1.807, 2.05) is 18.1 Å². The highest BCUT2D eigenvalue weighted by Crippen LogP contribution is 2.61. The van der Waals surface area contributed by atoms with Gasteiger partial charge in [0.05, 0.1) is 0 Å². The van der Waals surface area contributed by atoms with Gasteiger partial charge < -0.3 is 0 Å². The molecule has 0 bridgehead atoms. The number of fused-ring (bicyclic) bond motifs is 4. The first kappa shape index (κ1) is 13.9. The third-order valence-electron chi connectivity index (χ3n) is 7.40. The fourth-order valence-corrected chi connectivity index (χ4v) is 6.47. The van der Waals surface area contributed by atoms with Crippen LogP contribution in [0, 0.1) is 35.0 Å². The van der Waals surface area contributed by atoms with Gasteiger partial charge in [0.1, 0.15) is 0 Å². The topological polar surface area (TPSA) is 0 Å². The molecule has 0 aromatic heterocycles. The van der Waals surface area contributed by atoms with Crippen LogP contribution in [0.15, 0.2) is 11.1 Å². The average molecular weight is 282 g/mol. The minimum Gasteiger partial charge on any atom is -0.107 e. The Morgan fingerprint density at radius 3 is 2.81 bits per heavy atom. The molecular weight excluding hydrogens is 252 g/mol. The Balaban J connectivity index is 1.66. The molecule has 4 aliphatic carbocycles. The van der Waals surface area contributed by atoms with Crippen LogP contribution in [0.2, 0.25) is 0 Å². The summed E-state index contributed by atoms with van der Waals surface area (Å²) in [5.74, 6) is 9.58. The molecule has 0 N–H and O–H groups in total. The highest BCUT2D eigenvalue weighted by Gasteiger charge is 2.51. The van der Waals surface area contributed by atoms with E-state index in [9.17, 15) is 0 Å². The lowest BCUT2D eigenvalue weighted by molar-refractivity contribution is 0.0931. The summed E-state index contributed by atoms with van der Waals surface area (Å²) < 4.78 is 0. The Morgan fingerprint density at radius 1 is 0.952 bits per heavy atom. The zero-order valence-electron chi connectivity index (χ0n) is 13.7. The van der Waals surface area contributed by atoms with Crippen molar-refractivity contribution >= 4 is 0 Å². The predicted molar refractivity (Wildman–Crippen MR) is 88.8 cm³/mol. The van der Waals surface area contributed by atoms with Gasteiger partial charge in [-0.1, -0.05) is 24.0 Å². The molecule has 3 fully saturated rings. The van der Waals surface area contributed by atoms with Gasteiger partial charge in [-0.15, -0.1) is 11.8 Å². The molecule has 4 rings (SSSR count). The zero-order valence-corrected chi connectivity index (χ0v) is 13.7. The first-order valence-electron chi connectivity index (χ1n) is 9.45. The van der Waals surface area contributed by atoms with Gasteiger partial charge >= 0.3 is 0 Å². The maximum atomic E-state index is 3.47. The van der Waals surface area contributed by atoms with Crippen molar-refractivity contribution in [2.45, 2.75) is 84.0 Å². The number of rotatable bonds is 1. The number of allylic oxidation sites excluding steroid dienone is 2. The van der Waals surface area contributed by atoms with Crippen LogP contribution in [0.5, 0.6) is 0 Å². The molecule has 4 aliphatic rings. The monoisotopic (exact) mass is 282 g/mol. The second kappa shape index (κ2) is 5.49. The van der Waals surface area contributed by atoms with Gasteiger partial charge in [0.25, 0.3) is 0 Å². The molecule has 4 atom stereocenters. The van der Waals surface area contributed by atoms with Gasteiger partial charge in [-0.2, -0.15) is 0 Å². The molecule has 0 radical (unpaired) electrons. The van der Waals surface area contributed by atoms with E-state index in [0.29, 0.717) is 5.41 Å². The van der Waals surface area contributed by atoms with E-state index in [4.69, 9.17) is 0 Å². The van der Waals surface area contributed by atoms with Gasteiger partial charge in [-0.25, -0.2) is 0 Å². The van der Waals surface area contributed by atoms with Crippen molar-refractivity contribution < 1.29 is 0 Å². The minimum absolute atomic E-state index is 0.610. The summed E-state index contributed by atoms with van der Waals surface area (Å²) in [6.45, 7) is 2.02. The van der Waals surface area contributed by atoms with Crippen molar-refractivity contribution in [3.05, 3.63) is 11.1 Å². The quantitative estimate of drug-likeness (QED) is 0.416. The zero-order chi connectivity index (χ0) is 14.3. The molecule has 0 aliphatic heterocycles. The average Bonchev–Trinajstić information content (AvgIpc) is 2.97. The maximum absolute atomic E-state index is 3.47. The molecule has 0 aromatic carbocycles. The van der Waals surface area contributed by atoms with E-state index in [-0.39, 0.29) is 0 Å². The fraction of sp³-hybridized carbons (Fsp3) is 0.810. The Hall–Kier alpha value is -0.700. The summed E-state index contributed by atoms with van der Waals surface area (Å²) in [6.07, 6.45) is 17.4. The van der Waals surface area contributed by atoms with E-state index in [1.165, 1.54) is 77.0 Å². The first-order valence-corrected chi connectivity index (χ1v) is 9.45. The third kappa shape index (κ3) is 2.19. The fourth-order valence-electron chi connectivity index (χ4n) is 6.47. The van der Waals surface area contributed by atoms with E-state index >= 15 is 0 Å². The summed E-state index contributed by atoms with van der Waals surface area (Å²) in [4.78, 5) is 0. The van der Waals surface area contributed by atoms with Crippen LogP contribution in [0.25, 0.3) is 0 Å². The van der Waals surface area contributed by atoms with Gasteiger partial charge in [0.2, 0.25) is 0 Å². The number of hydrogen-bond acceptors (Lipinski definition) is 0. The van der Waals surface area contributed by atoms with Crippen molar-refractivity contribution in [2.75, 3.05) is 0 Å². The molecule has 0 amide bonds. The first-order chi connectivity index (χ1) is 10.3. The Morgan fingerprint density at radius 2 is 1.90 bits per heavy atom. The van der Waals surface area contributed by atoms with Gasteiger partial charge in [0.15, 0.2) is 0 Å². The molecule has 0 spiro atoms. The predicted octanol–water partition coefficient (Wildman–Crippen LogP) is 5.88. The summed E-state index contributed by atoms with van der Waals surface area (Å²) >= 11 is 0. The molecule has 0 heterocycles. The van der Waals surface area contributed by atoms with E-state index in [0.717, 1.165) is 17.8 Å². The second-order valence-electron chi connectivity index (χ2n) is 8.14. The molecule has 114 valence electrons. The van der Waals surface area contributed by atoms with Crippen LogP contribution in [0.3, 0.4) is 0 Å². The van der Waals surface area contributed by atoms with Crippen LogP contribution in [-0.2, 0) is 0 Å². The summed E-state index contributed by atoms with van der Waals surface area (Å²) in [6, 6.07) is 0. The van der Waals surface area contributed by atoms with Crippen LogP contribution in [0.1, 0.15) is 84.0 Å². The van der Waals surface area contributed by atoms with E-state index < -0.39 is 0 Å². The SMILES string of the molecule is CC#CC[C@@]12CCC[C@H]1[C@@H]1CCC3CCCCC3=C1CC2. The summed E-state index contributed by atoms with van der Waals surface area (Å²) in [5.41, 5.74) is 4.54. The minimum atomic E-state index is 0.610.